The summed E-state index contributed by atoms with van der Waals surface area (Å²) < 4.78 is 4.03. The normalized spacial score (nSPS) is 11.3. The third-order valence-electron chi connectivity index (χ3n) is 3.62. The lowest BCUT2D eigenvalue weighted by molar-refractivity contribution is 0.670. The zero-order valence-corrected chi connectivity index (χ0v) is 12.4. The number of aromatic nitrogens is 3. The first-order chi connectivity index (χ1) is 9.60. The van der Waals surface area contributed by atoms with E-state index in [1.807, 2.05) is 29.9 Å². The van der Waals surface area contributed by atoms with Crippen LogP contribution in [0.4, 0.5) is 5.69 Å². The molecule has 0 fully saturated rings. The number of fused-ring (bicyclic) bond motifs is 1. The van der Waals surface area contributed by atoms with Crippen LogP contribution in [-0.4, -0.2) is 14.3 Å². The Bertz CT molecular complexity index is 770. The molecule has 0 radical (unpaired) electrons. The van der Waals surface area contributed by atoms with Crippen molar-refractivity contribution in [2.24, 2.45) is 7.05 Å². The van der Waals surface area contributed by atoms with Gasteiger partial charge in [-0.15, -0.1) is 0 Å². The Morgan fingerprint density at radius 1 is 1.30 bits per heavy atom. The molecule has 0 amide bonds. The summed E-state index contributed by atoms with van der Waals surface area (Å²) in [6.07, 6.45) is 2.90. The van der Waals surface area contributed by atoms with E-state index in [1.165, 1.54) is 0 Å². The second-order valence-electron chi connectivity index (χ2n) is 4.95. The van der Waals surface area contributed by atoms with Gasteiger partial charge in [0.2, 0.25) is 0 Å². The minimum atomic E-state index is 0.704. The molecule has 0 saturated carbocycles. The first kappa shape index (κ1) is 13.1. The summed E-state index contributed by atoms with van der Waals surface area (Å²) in [4.78, 5) is 0. The molecule has 0 unspecified atom stereocenters. The number of nitrogens with two attached hydrogens (primary N) is 1. The molecule has 2 N–H and O–H groups in total. The van der Waals surface area contributed by atoms with E-state index < -0.39 is 0 Å². The van der Waals surface area contributed by atoms with Crippen molar-refractivity contribution in [2.75, 3.05) is 5.73 Å². The molecule has 0 bridgehead atoms. The number of nitrogens with zero attached hydrogens (tertiary/aromatic N) is 3. The Kier molecular flexibility index (Phi) is 3.18. The first-order valence-corrected chi connectivity index (χ1v) is 7.02. The highest BCUT2D eigenvalue weighted by atomic mass is 35.5. The van der Waals surface area contributed by atoms with Crippen LogP contribution in [0.15, 0.2) is 30.5 Å². The van der Waals surface area contributed by atoms with Crippen LogP contribution in [-0.2, 0) is 20.0 Å². The monoisotopic (exact) mass is 288 g/mol. The maximum atomic E-state index is 6.41. The van der Waals surface area contributed by atoms with E-state index in [2.05, 4.69) is 28.9 Å². The van der Waals surface area contributed by atoms with Crippen LogP contribution in [0.2, 0.25) is 5.02 Å². The highest BCUT2D eigenvalue weighted by Gasteiger charge is 2.14. The molecule has 0 spiro atoms. The van der Waals surface area contributed by atoms with Crippen LogP contribution < -0.4 is 5.73 Å². The summed E-state index contributed by atoms with van der Waals surface area (Å²) in [6.45, 7) is 2.77. The minimum Gasteiger partial charge on any atom is -0.399 e. The van der Waals surface area contributed by atoms with Gasteiger partial charge in [0.15, 0.2) is 0 Å². The smallest absolute Gasteiger partial charge is 0.0868 e. The number of aryl methyl sites for hydroxylation is 2. The predicted octanol–water partition coefficient (Wildman–Crippen LogP) is 3.22. The van der Waals surface area contributed by atoms with Crippen LogP contribution in [0.25, 0.3) is 10.9 Å². The van der Waals surface area contributed by atoms with E-state index in [4.69, 9.17) is 17.3 Å². The molecule has 0 atom stereocenters. The number of rotatable bonds is 3. The quantitative estimate of drug-likeness (QED) is 0.752. The van der Waals surface area contributed by atoms with Gasteiger partial charge in [-0.2, -0.15) is 5.10 Å². The Morgan fingerprint density at radius 3 is 2.80 bits per heavy atom. The number of nitrogen functional groups attached to an aromatic ring is 1. The topological polar surface area (TPSA) is 48.8 Å². The third kappa shape index (κ3) is 2.06. The molecule has 4 nitrogen and oxygen atoms in total. The van der Waals surface area contributed by atoms with Gasteiger partial charge in [0.05, 0.1) is 23.0 Å². The van der Waals surface area contributed by atoms with Crippen LogP contribution in [0.5, 0.6) is 0 Å². The molecule has 0 aliphatic rings. The van der Waals surface area contributed by atoms with Gasteiger partial charge in [-0.05, 0) is 30.7 Å². The second kappa shape index (κ2) is 4.87. The molecule has 0 aliphatic carbocycles. The van der Waals surface area contributed by atoms with E-state index in [0.717, 1.165) is 39.4 Å². The lowest BCUT2D eigenvalue weighted by atomic mass is 10.2. The molecule has 0 aliphatic heterocycles. The maximum Gasteiger partial charge on any atom is 0.0868 e. The molecule has 104 valence electrons. The molecule has 3 rings (SSSR count). The average Bonchev–Trinajstić information content (AvgIpc) is 2.94. The molecule has 2 aromatic heterocycles. The van der Waals surface area contributed by atoms with Gasteiger partial charge in [0.25, 0.3) is 0 Å². The predicted molar refractivity (Wildman–Crippen MR) is 83.0 cm³/mol. The van der Waals surface area contributed by atoms with E-state index in [9.17, 15) is 0 Å². The van der Waals surface area contributed by atoms with Crippen molar-refractivity contribution < 1.29 is 0 Å². The molecule has 0 saturated heterocycles. The molecule has 20 heavy (non-hydrogen) atoms. The Labute approximate surface area is 122 Å². The fourth-order valence-electron chi connectivity index (χ4n) is 2.51. The van der Waals surface area contributed by atoms with E-state index >= 15 is 0 Å². The maximum absolute atomic E-state index is 6.41. The lowest BCUT2D eigenvalue weighted by Gasteiger charge is -2.07. The standard InChI is InChI=1S/C15H17ClN4/c1-3-12-15(16)14(19(2)18-12)9-20-7-6-10-8-11(17)4-5-13(10)20/h4-8H,3,9,17H2,1-2H3. The molecular formula is C15H17ClN4. The zero-order valence-electron chi connectivity index (χ0n) is 11.6. The molecule has 3 aromatic rings. The van der Waals surface area contributed by atoms with Crippen LogP contribution in [0.1, 0.15) is 18.3 Å². The number of halogens is 1. The average molecular weight is 289 g/mol. The molecule has 1 aromatic carbocycles. The molecular weight excluding hydrogens is 272 g/mol. The molecule has 2 heterocycles. The Morgan fingerprint density at radius 2 is 2.10 bits per heavy atom. The van der Waals surface area contributed by atoms with E-state index in [0.29, 0.717) is 6.54 Å². The zero-order chi connectivity index (χ0) is 14.3. The fraction of sp³-hybridized carbons (Fsp3) is 0.267. The van der Waals surface area contributed by atoms with Gasteiger partial charge in [-0.1, -0.05) is 18.5 Å². The highest BCUT2D eigenvalue weighted by molar-refractivity contribution is 6.31. The number of anilines is 1. The van der Waals surface area contributed by atoms with Crippen LogP contribution >= 0.6 is 11.6 Å². The summed E-state index contributed by atoms with van der Waals surface area (Å²) in [5, 5.41) is 6.36. The van der Waals surface area contributed by atoms with Crippen LogP contribution in [0, 0.1) is 0 Å². The van der Waals surface area contributed by atoms with E-state index in [1.54, 1.807) is 0 Å². The number of hydrogen-bond acceptors (Lipinski definition) is 2. The Hall–Kier alpha value is -1.94. The van der Waals surface area contributed by atoms with Crippen molar-refractivity contribution in [1.82, 2.24) is 14.3 Å². The van der Waals surface area contributed by atoms with Crippen LogP contribution in [0.3, 0.4) is 0 Å². The minimum absolute atomic E-state index is 0.704. The summed E-state index contributed by atoms with van der Waals surface area (Å²) in [5.74, 6) is 0. The van der Waals surface area contributed by atoms with Gasteiger partial charge in [-0.25, -0.2) is 0 Å². The van der Waals surface area contributed by atoms with E-state index in [-0.39, 0.29) is 0 Å². The fourth-order valence-corrected chi connectivity index (χ4v) is 2.86. The molecule has 5 heteroatoms. The first-order valence-electron chi connectivity index (χ1n) is 6.64. The summed E-state index contributed by atoms with van der Waals surface area (Å²) in [7, 11) is 1.93. The van der Waals surface area contributed by atoms with Crippen molar-refractivity contribution in [3.63, 3.8) is 0 Å². The third-order valence-corrected chi connectivity index (χ3v) is 4.05. The second-order valence-corrected chi connectivity index (χ2v) is 5.32. The van der Waals surface area contributed by atoms with Crippen molar-refractivity contribution in [1.29, 1.82) is 0 Å². The van der Waals surface area contributed by atoms with Gasteiger partial charge in [0, 0.05) is 29.8 Å². The van der Waals surface area contributed by atoms with Crippen molar-refractivity contribution in [3.05, 3.63) is 46.9 Å². The lowest BCUT2D eigenvalue weighted by Crippen LogP contribution is -2.05. The van der Waals surface area contributed by atoms with Gasteiger partial charge in [-0.3, -0.25) is 4.68 Å². The summed E-state index contributed by atoms with van der Waals surface area (Å²) in [6, 6.07) is 8.00. The Balaban J connectivity index is 2.03. The summed E-state index contributed by atoms with van der Waals surface area (Å²) >= 11 is 6.41. The summed E-state index contributed by atoms with van der Waals surface area (Å²) in [5.41, 5.74) is 9.71. The van der Waals surface area contributed by atoms with Gasteiger partial charge in [0.1, 0.15) is 0 Å². The van der Waals surface area contributed by atoms with Crippen molar-refractivity contribution in [3.8, 4) is 0 Å². The SMILES string of the molecule is CCc1nn(C)c(Cn2ccc3cc(N)ccc32)c1Cl. The van der Waals surface area contributed by atoms with Crippen molar-refractivity contribution >= 4 is 28.2 Å². The highest BCUT2D eigenvalue weighted by Crippen LogP contribution is 2.24. The largest absolute Gasteiger partial charge is 0.399 e. The number of benzene rings is 1. The van der Waals surface area contributed by atoms with Gasteiger partial charge >= 0.3 is 0 Å². The number of hydrogen-bond donors (Lipinski definition) is 1. The van der Waals surface area contributed by atoms with Gasteiger partial charge < -0.3 is 10.3 Å². The van der Waals surface area contributed by atoms with Crippen molar-refractivity contribution in [2.45, 2.75) is 19.9 Å².